The van der Waals surface area contributed by atoms with Crippen LogP contribution in [0, 0.1) is 0 Å². The van der Waals surface area contributed by atoms with Crippen LogP contribution in [0.3, 0.4) is 0 Å². The van der Waals surface area contributed by atoms with Gasteiger partial charge in [-0.1, -0.05) is 18.2 Å². The first-order valence-electron chi connectivity index (χ1n) is 4.49. The Balaban J connectivity index is 0. The SMILES string of the molecule is CCOC(=O)CS(=O)(=O)c1ccccc1.[H-].[Na+]. The summed E-state index contributed by atoms with van der Waals surface area (Å²) < 4.78 is 27.8. The predicted molar refractivity (Wildman–Crippen MR) is 56.2 cm³/mol. The van der Waals surface area contributed by atoms with E-state index >= 15 is 0 Å². The molecule has 0 aliphatic heterocycles. The summed E-state index contributed by atoms with van der Waals surface area (Å²) in [7, 11) is -3.56. The van der Waals surface area contributed by atoms with Gasteiger partial charge in [0.05, 0.1) is 11.5 Å². The second-order valence-electron chi connectivity index (χ2n) is 2.88. The van der Waals surface area contributed by atoms with E-state index in [1.165, 1.54) is 12.1 Å². The third kappa shape index (κ3) is 4.65. The molecule has 0 aliphatic rings. The summed E-state index contributed by atoms with van der Waals surface area (Å²) >= 11 is 0. The van der Waals surface area contributed by atoms with Crippen molar-refractivity contribution in [2.75, 3.05) is 12.4 Å². The number of carbonyl (C=O) groups is 1. The van der Waals surface area contributed by atoms with Crippen LogP contribution in [0.1, 0.15) is 8.35 Å². The molecule has 0 fully saturated rings. The molecule has 0 amide bonds. The van der Waals surface area contributed by atoms with Gasteiger partial charge < -0.3 is 6.16 Å². The minimum Gasteiger partial charge on any atom is -1.00 e. The molecule has 0 unspecified atom stereocenters. The molecule has 6 heteroatoms. The van der Waals surface area contributed by atoms with Crippen LogP contribution in [-0.2, 0) is 19.4 Å². The van der Waals surface area contributed by atoms with E-state index in [1.54, 1.807) is 25.1 Å². The van der Waals surface area contributed by atoms with E-state index in [2.05, 4.69) is 4.74 Å². The molecule has 4 nitrogen and oxygen atoms in total. The van der Waals surface area contributed by atoms with Crippen molar-refractivity contribution in [1.29, 1.82) is 0 Å². The summed E-state index contributed by atoms with van der Waals surface area (Å²) in [5.41, 5.74) is 0. The van der Waals surface area contributed by atoms with Crippen molar-refractivity contribution < 1.29 is 48.9 Å². The van der Waals surface area contributed by atoms with Gasteiger partial charge in [-0.05, 0) is 19.1 Å². The molecule has 0 atom stereocenters. The number of ether oxygens (including phenoxy) is 1. The monoisotopic (exact) mass is 252 g/mol. The summed E-state index contributed by atoms with van der Waals surface area (Å²) in [6, 6.07) is 7.84. The summed E-state index contributed by atoms with van der Waals surface area (Å²) in [6.45, 7) is 1.82. The zero-order valence-electron chi connectivity index (χ0n) is 10.3. The minimum absolute atomic E-state index is 0. The molecule has 0 saturated heterocycles. The number of sulfone groups is 1. The second kappa shape index (κ2) is 7.06. The van der Waals surface area contributed by atoms with Crippen LogP contribution in [0.2, 0.25) is 0 Å². The fourth-order valence-corrected chi connectivity index (χ4v) is 2.20. The predicted octanol–water partition coefficient (Wildman–Crippen LogP) is -1.86. The van der Waals surface area contributed by atoms with Gasteiger partial charge in [-0.3, -0.25) is 4.79 Å². The van der Waals surface area contributed by atoms with E-state index in [0.717, 1.165) is 0 Å². The van der Waals surface area contributed by atoms with E-state index in [0.29, 0.717) is 0 Å². The van der Waals surface area contributed by atoms with Gasteiger partial charge in [0.25, 0.3) is 0 Å². The molecule has 0 N–H and O–H groups in total. The van der Waals surface area contributed by atoms with Crippen LogP contribution < -0.4 is 29.6 Å². The number of carbonyl (C=O) groups excluding carboxylic acids is 1. The smallest absolute Gasteiger partial charge is 1.00 e. The van der Waals surface area contributed by atoms with Gasteiger partial charge in [-0.25, -0.2) is 8.42 Å². The van der Waals surface area contributed by atoms with Gasteiger partial charge in [-0.15, -0.1) is 0 Å². The first kappa shape index (κ1) is 15.6. The van der Waals surface area contributed by atoms with Crippen LogP contribution in [0.25, 0.3) is 0 Å². The van der Waals surface area contributed by atoms with Crippen molar-refractivity contribution in [2.45, 2.75) is 11.8 Å². The van der Waals surface area contributed by atoms with E-state index in [1.807, 2.05) is 0 Å². The Morgan fingerprint density at radius 2 is 1.88 bits per heavy atom. The molecule has 0 saturated carbocycles. The van der Waals surface area contributed by atoms with Crippen LogP contribution in [0.5, 0.6) is 0 Å². The molecular weight excluding hydrogens is 239 g/mol. The largest absolute Gasteiger partial charge is 1.00 e. The normalized spacial score (nSPS) is 10.3. The fraction of sp³-hybridized carbons (Fsp3) is 0.300. The van der Waals surface area contributed by atoms with Crippen LogP contribution >= 0.6 is 0 Å². The number of esters is 1. The Kier molecular flexibility index (Phi) is 6.90. The maximum atomic E-state index is 11.6. The molecular formula is C10H13NaO4S. The summed E-state index contributed by atoms with van der Waals surface area (Å²) in [5, 5.41) is 0. The van der Waals surface area contributed by atoms with Gasteiger partial charge >= 0.3 is 35.5 Å². The summed E-state index contributed by atoms with van der Waals surface area (Å²) in [5.74, 6) is -1.33. The molecule has 1 aromatic carbocycles. The summed E-state index contributed by atoms with van der Waals surface area (Å²) in [4.78, 5) is 11.2. The number of hydrogen-bond acceptors (Lipinski definition) is 4. The molecule has 1 aromatic rings. The first-order valence-corrected chi connectivity index (χ1v) is 6.15. The molecule has 1 rings (SSSR count). The first-order chi connectivity index (χ1) is 7.06. The van der Waals surface area contributed by atoms with Crippen molar-refractivity contribution in [3.63, 3.8) is 0 Å². The molecule has 0 bridgehead atoms. The summed E-state index contributed by atoms with van der Waals surface area (Å²) in [6.07, 6.45) is 0. The third-order valence-electron chi connectivity index (χ3n) is 1.72. The van der Waals surface area contributed by atoms with Crippen LogP contribution in [-0.4, -0.2) is 26.7 Å². The zero-order valence-corrected chi connectivity index (χ0v) is 12.2. The average molecular weight is 252 g/mol. The molecule has 16 heavy (non-hydrogen) atoms. The van der Waals surface area contributed by atoms with Crippen molar-refractivity contribution in [3.05, 3.63) is 30.3 Å². The van der Waals surface area contributed by atoms with Crippen molar-refractivity contribution >= 4 is 15.8 Å². The van der Waals surface area contributed by atoms with Crippen molar-refractivity contribution in [1.82, 2.24) is 0 Å². The Bertz CT molecular complexity index is 433. The van der Waals surface area contributed by atoms with E-state index in [9.17, 15) is 13.2 Å². The van der Waals surface area contributed by atoms with Crippen LogP contribution in [0.4, 0.5) is 0 Å². The average Bonchev–Trinajstić information content (AvgIpc) is 2.18. The van der Waals surface area contributed by atoms with Gasteiger partial charge in [0.2, 0.25) is 0 Å². The van der Waals surface area contributed by atoms with Gasteiger partial charge in [0, 0.05) is 0 Å². The van der Waals surface area contributed by atoms with Gasteiger partial charge in [0.1, 0.15) is 0 Å². The third-order valence-corrected chi connectivity index (χ3v) is 3.32. The maximum absolute atomic E-state index is 11.6. The van der Waals surface area contributed by atoms with Crippen molar-refractivity contribution in [2.24, 2.45) is 0 Å². The number of hydrogen-bond donors (Lipinski definition) is 0. The maximum Gasteiger partial charge on any atom is 1.00 e. The number of rotatable bonds is 4. The van der Waals surface area contributed by atoms with E-state index < -0.39 is 21.6 Å². The van der Waals surface area contributed by atoms with Crippen LogP contribution in [0.15, 0.2) is 35.2 Å². The molecule has 84 valence electrons. The molecule has 0 aliphatic carbocycles. The Hall–Kier alpha value is -0.360. The molecule has 0 spiro atoms. The van der Waals surface area contributed by atoms with E-state index in [4.69, 9.17) is 0 Å². The standard InChI is InChI=1S/C10H12O4S.Na.H/c1-2-14-10(11)8-15(12,13)9-6-4-3-5-7-9;;/h3-7H,2,8H2,1H3;;/q;+1;-1. The van der Waals surface area contributed by atoms with Gasteiger partial charge in [-0.2, -0.15) is 0 Å². The van der Waals surface area contributed by atoms with Gasteiger partial charge in [0.15, 0.2) is 15.6 Å². The molecule has 0 radical (unpaired) electrons. The Morgan fingerprint density at radius 1 is 1.31 bits per heavy atom. The topological polar surface area (TPSA) is 60.4 Å². The second-order valence-corrected chi connectivity index (χ2v) is 4.87. The molecule has 0 aromatic heterocycles. The minimum atomic E-state index is -3.56. The fourth-order valence-electron chi connectivity index (χ4n) is 1.07. The Morgan fingerprint density at radius 3 is 2.38 bits per heavy atom. The quantitative estimate of drug-likeness (QED) is 0.466. The zero-order chi connectivity index (χ0) is 11.3. The molecule has 0 heterocycles. The van der Waals surface area contributed by atoms with Crippen molar-refractivity contribution in [3.8, 4) is 0 Å². The Labute approximate surface area is 119 Å². The number of benzene rings is 1. The van der Waals surface area contributed by atoms with E-state index in [-0.39, 0.29) is 42.5 Å².